The highest BCUT2D eigenvalue weighted by Crippen LogP contribution is 2.29. The lowest BCUT2D eigenvalue weighted by Crippen LogP contribution is -2.42. The molecule has 2 atom stereocenters. The van der Waals surface area contributed by atoms with Crippen LogP contribution in [0, 0.1) is 5.92 Å². The van der Waals surface area contributed by atoms with E-state index in [1.54, 1.807) is 7.11 Å². The SMILES string of the molecule is COc1ccccc1C(C)N(C)C(=O)[C@H]1CCCNC1. The molecule has 0 spiro atoms. The van der Waals surface area contributed by atoms with Crippen LogP contribution in [0.5, 0.6) is 5.75 Å². The van der Waals surface area contributed by atoms with Crippen LogP contribution in [0.25, 0.3) is 0 Å². The summed E-state index contributed by atoms with van der Waals surface area (Å²) in [7, 11) is 3.55. The lowest BCUT2D eigenvalue weighted by Gasteiger charge is -2.31. The average molecular weight is 276 g/mol. The van der Waals surface area contributed by atoms with Crippen LogP contribution in [-0.2, 0) is 4.79 Å². The average Bonchev–Trinajstić information content (AvgIpc) is 2.53. The maximum Gasteiger partial charge on any atom is 0.227 e. The molecule has 1 heterocycles. The molecule has 1 aliphatic heterocycles. The number of rotatable bonds is 4. The van der Waals surface area contributed by atoms with Crippen LogP contribution >= 0.6 is 0 Å². The minimum atomic E-state index is 0.0144. The van der Waals surface area contributed by atoms with E-state index in [9.17, 15) is 4.79 Å². The molecule has 1 amide bonds. The van der Waals surface area contributed by atoms with Gasteiger partial charge in [0.2, 0.25) is 5.91 Å². The monoisotopic (exact) mass is 276 g/mol. The summed E-state index contributed by atoms with van der Waals surface area (Å²) in [4.78, 5) is 14.4. The molecule has 0 radical (unpaired) electrons. The molecule has 110 valence electrons. The number of benzene rings is 1. The maximum absolute atomic E-state index is 12.6. The fraction of sp³-hybridized carbons (Fsp3) is 0.562. The lowest BCUT2D eigenvalue weighted by atomic mass is 9.96. The Labute approximate surface area is 121 Å². The summed E-state index contributed by atoms with van der Waals surface area (Å²) in [6.07, 6.45) is 2.06. The second-order valence-electron chi connectivity index (χ2n) is 5.41. The molecule has 1 aromatic rings. The summed E-state index contributed by atoms with van der Waals surface area (Å²) in [5.74, 6) is 1.16. The van der Waals surface area contributed by atoms with Gasteiger partial charge in [0.15, 0.2) is 0 Å². The first-order valence-corrected chi connectivity index (χ1v) is 7.25. The minimum Gasteiger partial charge on any atom is -0.496 e. The van der Waals surface area contributed by atoms with E-state index >= 15 is 0 Å². The van der Waals surface area contributed by atoms with Gasteiger partial charge in [-0.1, -0.05) is 18.2 Å². The zero-order valence-corrected chi connectivity index (χ0v) is 12.6. The smallest absolute Gasteiger partial charge is 0.227 e. The molecule has 4 heteroatoms. The van der Waals surface area contributed by atoms with Crippen molar-refractivity contribution in [3.63, 3.8) is 0 Å². The van der Waals surface area contributed by atoms with Crippen LogP contribution in [0.2, 0.25) is 0 Å². The second kappa shape index (κ2) is 6.75. The van der Waals surface area contributed by atoms with E-state index in [1.165, 1.54) is 0 Å². The molecule has 0 aliphatic carbocycles. The zero-order valence-electron chi connectivity index (χ0n) is 12.6. The van der Waals surface area contributed by atoms with Crippen molar-refractivity contribution in [1.82, 2.24) is 10.2 Å². The minimum absolute atomic E-state index is 0.0144. The first kappa shape index (κ1) is 14.9. The van der Waals surface area contributed by atoms with Gasteiger partial charge in [0, 0.05) is 19.2 Å². The number of piperidine rings is 1. The summed E-state index contributed by atoms with van der Waals surface area (Å²) < 4.78 is 5.39. The molecule has 1 saturated heterocycles. The molecule has 0 saturated carbocycles. The quantitative estimate of drug-likeness (QED) is 0.917. The molecule has 1 unspecified atom stereocenters. The van der Waals surface area contributed by atoms with Crippen molar-refractivity contribution >= 4 is 5.91 Å². The number of nitrogens with zero attached hydrogens (tertiary/aromatic N) is 1. The van der Waals surface area contributed by atoms with Crippen molar-refractivity contribution < 1.29 is 9.53 Å². The third-order valence-electron chi connectivity index (χ3n) is 4.16. The summed E-state index contributed by atoms with van der Waals surface area (Å²) in [6.45, 7) is 3.86. The topological polar surface area (TPSA) is 41.6 Å². The van der Waals surface area contributed by atoms with Gasteiger partial charge in [0.1, 0.15) is 5.75 Å². The fourth-order valence-corrected chi connectivity index (χ4v) is 2.76. The Balaban J connectivity index is 2.11. The van der Waals surface area contributed by atoms with E-state index < -0.39 is 0 Å². The number of methoxy groups -OCH3 is 1. The van der Waals surface area contributed by atoms with E-state index in [2.05, 4.69) is 5.32 Å². The van der Waals surface area contributed by atoms with Crippen LogP contribution in [0.1, 0.15) is 31.4 Å². The van der Waals surface area contributed by atoms with Crippen LogP contribution in [0.3, 0.4) is 0 Å². The normalized spacial score (nSPS) is 20.2. The first-order chi connectivity index (χ1) is 9.65. The molecular weight excluding hydrogens is 252 g/mol. The molecule has 1 N–H and O–H groups in total. The lowest BCUT2D eigenvalue weighted by molar-refractivity contribution is -0.136. The van der Waals surface area contributed by atoms with Crippen LogP contribution in [-0.4, -0.2) is 38.1 Å². The van der Waals surface area contributed by atoms with Gasteiger partial charge in [0.25, 0.3) is 0 Å². The number of ether oxygens (including phenoxy) is 1. The van der Waals surface area contributed by atoms with Crippen LogP contribution in [0.15, 0.2) is 24.3 Å². The van der Waals surface area contributed by atoms with Crippen molar-refractivity contribution in [2.75, 3.05) is 27.2 Å². The zero-order chi connectivity index (χ0) is 14.5. The Morgan fingerprint density at radius 3 is 2.85 bits per heavy atom. The van der Waals surface area contributed by atoms with Crippen molar-refractivity contribution in [2.24, 2.45) is 5.92 Å². The van der Waals surface area contributed by atoms with Crippen LogP contribution < -0.4 is 10.1 Å². The third-order valence-corrected chi connectivity index (χ3v) is 4.16. The highest BCUT2D eigenvalue weighted by Gasteiger charge is 2.27. The molecule has 0 bridgehead atoms. The van der Waals surface area contributed by atoms with Gasteiger partial charge >= 0.3 is 0 Å². The molecule has 1 aromatic carbocycles. The first-order valence-electron chi connectivity index (χ1n) is 7.25. The highest BCUT2D eigenvalue weighted by molar-refractivity contribution is 5.79. The van der Waals surface area contributed by atoms with Gasteiger partial charge in [-0.2, -0.15) is 0 Å². The Kier molecular flexibility index (Phi) is 5.01. The van der Waals surface area contributed by atoms with Gasteiger partial charge in [-0.05, 0) is 32.4 Å². The number of nitrogens with one attached hydrogen (secondary N) is 1. The van der Waals surface area contributed by atoms with Crippen LogP contribution in [0.4, 0.5) is 0 Å². The Bertz CT molecular complexity index is 456. The van der Waals surface area contributed by atoms with Gasteiger partial charge in [0.05, 0.1) is 19.1 Å². The summed E-state index contributed by atoms with van der Waals surface area (Å²) >= 11 is 0. The van der Waals surface area contributed by atoms with Crippen molar-refractivity contribution in [3.05, 3.63) is 29.8 Å². The summed E-state index contributed by atoms with van der Waals surface area (Å²) in [6, 6.07) is 7.90. The van der Waals surface area contributed by atoms with Gasteiger partial charge < -0.3 is 15.0 Å². The Hall–Kier alpha value is -1.55. The van der Waals surface area contributed by atoms with Crippen molar-refractivity contribution in [1.29, 1.82) is 0 Å². The van der Waals surface area contributed by atoms with Gasteiger partial charge in [-0.3, -0.25) is 4.79 Å². The molecule has 0 aromatic heterocycles. The number of hydrogen-bond donors (Lipinski definition) is 1. The predicted octanol–water partition coefficient (Wildman–Crippen LogP) is 2.21. The number of amides is 1. The van der Waals surface area contributed by atoms with E-state index in [0.717, 1.165) is 37.2 Å². The van der Waals surface area contributed by atoms with Crippen molar-refractivity contribution in [2.45, 2.75) is 25.8 Å². The highest BCUT2D eigenvalue weighted by atomic mass is 16.5. The fourth-order valence-electron chi connectivity index (χ4n) is 2.76. The van der Waals surface area contributed by atoms with E-state index in [-0.39, 0.29) is 17.9 Å². The molecule has 20 heavy (non-hydrogen) atoms. The largest absolute Gasteiger partial charge is 0.496 e. The standard InChI is InChI=1S/C16H24N2O2/c1-12(14-8-4-5-9-15(14)20-3)18(2)16(19)13-7-6-10-17-11-13/h4-5,8-9,12-13,17H,6-7,10-11H2,1-3H3/t12?,13-/m0/s1. The van der Waals surface area contributed by atoms with E-state index in [0.29, 0.717) is 0 Å². The molecule has 2 rings (SSSR count). The number of hydrogen-bond acceptors (Lipinski definition) is 3. The number of carbonyl (C=O) groups excluding carboxylic acids is 1. The Morgan fingerprint density at radius 1 is 1.45 bits per heavy atom. The van der Waals surface area contributed by atoms with Crippen molar-refractivity contribution in [3.8, 4) is 5.75 Å². The number of carbonyl (C=O) groups is 1. The molecular formula is C16H24N2O2. The molecule has 4 nitrogen and oxygen atoms in total. The maximum atomic E-state index is 12.6. The van der Waals surface area contributed by atoms with E-state index in [1.807, 2.05) is 43.1 Å². The summed E-state index contributed by atoms with van der Waals surface area (Å²) in [5, 5.41) is 3.30. The van der Waals surface area contributed by atoms with Gasteiger partial charge in [-0.15, -0.1) is 0 Å². The van der Waals surface area contributed by atoms with E-state index in [4.69, 9.17) is 4.74 Å². The third kappa shape index (κ3) is 3.12. The second-order valence-corrected chi connectivity index (χ2v) is 5.41. The Morgan fingerprint density at radius 2 is 2.20 bits per heavy atom. The molecule has 1 aliphatic rings. The molecule has 1 fully saturated rings. The van der Waals surface area contributed by atoms with Gasteiger partial charge in [-0.25, -0.2) is 0 Å². The predicted molar refractivity (Wildman–Crippen MR) is 79.8 cm³/mol. The summed E-state index contributed by atoms with van der Waals surface area (Å²) in [5.41, 5.74) is 1.05. The number of para-hydroxylation sites is 1.